The SMILES string of the molecule is Nc1cc(-c2cccc(OCc3ccccc3)c2)on1. The molecule has 2 aromatic carbocycles. The summed E-state index contributed by atoms with van der Waals surface area (Å²) in [7, 11) is 0. The number of hydrogen-bond donors (Lipinski definition) is 1. The van der Waals surface area contributed by atoms with Gasteiger partial charge in [0.1, 0.15) is 12.4 Å². The second-order valence-corrected chi connectivity index (χ2v) is 4.42. The molecular weight excluding hydrogens is 252 g/mol. The molecule has 20 heavy (non-hydrogen) atoms. The van der Waals surface area contributed by atoms with Crippen LogP contribution in [0.4, 0.5) is 5.82 Å². The summed E-state index contributed by atoms with van der Waals surface area (Å²) in [6.07, 6.45) is 0. The first-order valence-electron chi connectivity index (χ1n) is 6.30. The number of benzene rings is 2. The summed E-state index contributed by atoms with van der Waals surface area (Å²) < 4.78 is 10.9. The van der Waals surface area contributed by atoms with E-state index in [0.717, 1.165) is 16.9 Å². The van der Waals surface area contributed by atoms with Gasteiger partial charge in [-0.05, 0) is 17.7 Å². The number of nitrogens with zero attached hydrogens (tertiary/aromatic N) is 1. The molecule has 2 N–H and O–H groups in total. The zero-order valence-corrected chi connectivity index (χ0v) is 10.8. The fourth-order valence-corrected chi connectivity index (χ4v) is 1.90. The van der Waals surface area contributed by atoms with Gasteiger partial charge in [0.2, 0.25) is 0 Å². The van der Waals surface area contributed by atoms with Crippen LogP contribution in [0.1, 0.15) is 5.56 Å². The molecule has 0 unspecified atom stereocenters. The van der Waals surface area contributed by atoms with Crippen LogP contribution >= 0.6 is 0 Å². The second kappa shape index (κ2) is 5.48. The summed E-state index contributed by atoms with van der Waals surface area (Å²) in [6, 6.07) is 19.4. The molecule has 0 amide bonds. The summed E-state index contributed by atoms with van der Waals surface area (Å²) >= 11 is 0. The molecule has 4 heteroatoms. The number of nitrogens with two attached hydrogens (primary N) is 1. The molecule has 1 heterocycles. The van der Waals surface area contributed by atoms with Gasteiger partial charge in [0.05, 0.1) is 0 Å². The summed E-state index contributed by atoms with van der Waals surface area (Å²) in [5, 5.41) is 3.68. The highest BCUT2D eigenvalue weighted by atomic mass is 16.5. The molecule has 0 spiro atoms. The van der Waals surface area contributed by atoms with Crippen molar-refractivity contribution in [1.29, 1.82) is 0 Å². The minimum absolute atomic E-state index is 0.371. The van der Waals surface area contributed by atoms with Crippen molar-refractivity contribution in [1.82, 2.24) is 5.16 Å². The Morgan fingerprint density at radius 3 is 2.60 bits per heavy atom. The monoisotopic (exact) mass is 266 g/mol. The van der Waals surface area contributed by atoms with E-state index >= 15 is 0 Å². The van der Waals surface area contributed by atoms with Crippen molar-refractivity contribution >= 4 is 5.82 Å². The van der Waals surface area contributed by atoms with Crippen LogP contribution in [-0.2, 0) is 6.61 Å². The van der Waals surface area contributed by atoms with Crippen LogP contribution in [0.5, 0.6) is 5.75 Å². The highest BCUT2D eigenvalue weighted by Crippen LogP contribution is 2.25. The van der Waals surface area contributed by atoms with E-state index in [2.05, 4.69) is 5.16 Å². The van der Waals surface area contributed by atoms with E-state index in [1.54, 1.807) is 6.07 Å². The first kappa shape index (κ1) is 12.3. The smallest absolute Gasteiger partial charge is 0.169 e. The third kappa shape index (κ3) is 2.80. The normalized spacial score (nSPS) is 10.4. The van der Waals surface area contributed by atoms with E-state index in [-0.39, 0.29) is 0 Å². The third-order valence-corrected chi connectivity index (χ3v) is 2.90. The molecule has 3 aromatic rings. The van der Waals surface area contributed by atoms with E-state index in [1.165, 1.54) is 0 Å². The second-order valence-electron chi connectivity index (χ2n) is 4.42. The van der Waals surface area contributed by atoms with Crippen LogP contribution in [0.15, 0.2) is 65.2 Å². The Morgan fingerprint density at radius 1 is 1.00 bits per heavy atom. The number of ether oxygens (including phenoxy) is 1. The fourth-order valence-electron chi connectivity index (χ4n) is 1.90. The lowest BCUT2D eigenvalue weighted by Crippen LogP contribution is -1.94. The van der Waals surface area contributed by atoms with Crippen LogP contribution in [-0.4, -0.2) is 5.16 Å². The Morgan fingerprint density at radius 2 is 1.85 bits per heavy atom. The third-order valence-electron chi connectivity index (χ3n) is 2.90. The topological polar surface area (TPSA) is 61.3 Å². The fraction of sp³-hybridized carbons (Fsp3) is 0.0625. The summed E-state index contributed by atoms with van der Waals surface area (Å²) in [5.41, 5.74) is 7.57. The maximum absolute atomic E-state index is 5.77. The van der Waals surface area contributed by atoms with Crippen LogP contribution in [0.25, 0.3) is 11.3 Å². The van der Waals surface area contributed by atoms with Crippen molar-refractivity contribution in [2.45, 2.75) is 6.61 Å². The van der Waals surface area contributed by atoms with Crippen molar-refractivity contribution in [3.05, 3.63) is 66.2 Å². The molecule has 0 aliphatic rings. The number of anilines is 1. The van der Waals surface area contributed by atoms with Gasteiger partial charge < -0.3 is 15.0 Å². The molecule has 0 saturated heterocycles. The molecule has 0 atom stereocenters. The van der Waals surface area contributed by atoms with E-state index in [1.807, 2.05) is 54.6 Å². The van der Waals surface area contributed by atoms with Gasteiger partial charge in [-0.1, -0.05) is 47.6 Å². The largest absolute Gasteiger partial charge is 0.489 e. The van der Waals surface area contributed by atoms with Crippen molar-refractivity contribution in [3.8, 4) is 17.1 Å². The quantitative estimate of drug-likeness (QED) is 0.785. The van der Waals surface area contributed by atoms with Crippen LogP contribution in [0.2, 0.25) is 0 Å². The van der Waals surface area contributed by atoms with Gasteiger partial charge in [0.15, 0.2) is 11.6 Å². The lowest BCUT2D eigenvalue weighted by molar-refractivity contribution is 0.306. The molecule has 0 saturated carbocycles. The standard InChI is InChI=1S/C16H14N2O2/c17-16-10-15(20-18-16)13-7-4-8-14(9-13)19-11-12-5-2-1-3-6-12/h1-10H,11H2,(H2,17,18). The first-order valence-corrected chi connectivity index (χ1v) is 6.30. The molecule has 0 radical (unpaired) electrons. The molecule has 0 aliphatic carbocycles. The predicted octanol–water partition coefficient (Wildman–Crippen LogP) is 3.50. The molecule has 0 fully saturated rings. The van der Waals surface area contributed by atoms with Gasteiger partial charge in [-0.15, -0.1) is 0 Å². The van der Waals surface area contributed by atoms with Crippen molar-refractivity contribution < 1.29 is 9.26 Å². The van der Waals surface area contributed by atoms with Crippen molar-refractivity contribution in [2.24, 2.45) is 0 Å². The van der Waals surface area contributed by atoms with Crippen LogP contribution in [0.3, 0.4) is 0 Å². The molecule has 100 valence electrons. The van der Waals surface area contributed by atoms with E-state index in [9.17, 15) is 0 Å². The van der Waals surface area contributed by atoms with Gasteiger partial charge in [0, 0.05) is 11.6 Å². The van der Waals surface area contributed by atoms with Gasteiger partial charge in [0.25, 0.3) is 0 Å². The van der Waals surface area contributed by atoms with Crippen molar-refractivity contribution in [3.63, 3.8) is 0 Å². The number of nitrogen functional groups attached to an aromatic ring is 1. The lowest BCUT2D eigenvalue weighted by atomic mass is 10.1. The Bertz CT molecular complexity index is 692. The van der Waals surface area contributed by atoms with Gasteiger partial charge in [-0.25, -0.2) is 0 Å². The molecular formula is C16H14N2O2. The predicted molar refractivity (Wildman–Crippen MR) is 77.1 cm³/mol. The zero-order chi connectivity index (χ0) is 13.8. The van der Waals surface area contributed by atoms with Gasteiger partial charge in [-0.2, -0.15) is 0 Å². The maximum Gasteiger partial charge on any atom is 0.169 e. The highest BCUT2D eigenvalue weighted by molar-refractivity contribution is 5.61. The minimum Gasteiger partial charge on any atom is -0.489 e. The Kier molecular flexibility index (Phi) is 3.37. The molecule has 0 bridgehead atoms. The van der Waals surface area contributed by atoms with E-state index < -0.39 is 0 Å². The number of rotatable bonds is 4. The first-order chi connectivity index (χ1) is 9.81. The summed E-state index contributed by atoms with van der Waals surface area (Å²) in [4.78, 5) is 0. The van der Waals surface area contributed by atoms with Crippen LogP contribution in [0, 0.1) is 0 Å². The van der Waals surface area contributed by atoms with Gasteiger partial charge in [-0.3, -0.25) is 0 Å². The number of aromatic nitrogens is 1. The average Bonchev–Trinajstić information content (AvgIpc) is 2.93. The molecule has 3 rings (SSSR count). The van der Waals surface area contributed by atoms with Gasteiger partial charge >= 0.3 is 0 Å². The molecule has 0 aliphatic heterocycles. The molecule has 1 aromatic heterocycles. The average molecular weight is 266 g/mol. The molecule has 4 nitrogen and oxygen atoms in total. The Hall–Kier alpha value is -2.75. The zero-order valence-electron chi connectivity index (χ0n) is 10.8. The minimum atomic E-state index is 0.371. The van der Waals surface area contributed by atoms with Crippen LogP contribution < -0.4 is 10.5 Å². The Labute approximate surface area is 116 Å². The maximum atomic E-state index is 5.77. The summed E-state index contributed by atoms with van der Waals surface area (Å²) in [5.74, 6) is 1.78. The lowest BCUT2D eigenvalue weighted by Gasteiger charge is -2.07. The Balaban J connectivity index is 1.75. The van der Waals surface area contributed by atoms with E-state index in [4.69, 9.17) is 15.0 Å². The van der Waals surface area contributed by atoms with Crippen molar-refractivity contribution in [2.75, 3.05) is 5.73 Å². The summed E-state index contributed by atoms with van der Waals surface area (Å²) in [6.45, 7) is 0.531. The van der Waals surface area contributed by atoms with E-state index in [0.29, 0.717) is 18.2 Å². The number of hydrogen-bond acceptors (Lipinski definition) is 4. The highest BCUT2D eigenvalue weighted by Gasteiger charge is 2.06.